The summed E-state index contributed by atoms with van der Waals surface area (Å²) in [6, 6.07) is 5.97. The van der Waals surface area contributed by atoms with Gasteiger partial charge in [0.25, 0.3) is 0 Å². The molecule has 0 bridgehead atoms. The van der Waals surface area contributed by atoms with Crippen LogP contribution in [0.5, 0.6) is 11.5 Å². The predicted octanol–water partition coefficient (Wildman–Crippen LogP) is 2.14. The summed E-state index contributed by atoms with van der Waals surface area (Å²) in [5.41, 5.74) is 1.13. The summed E-state index contributed by atoms with van der Waals surface area (Å²) in [6.07, 6.45) is 0. The lowest BCUT2D eigenvalue weighted by molar-refractivity contribution is 0.301. The fourth-order valence-electron chi connectivity index (χ4n) is 2.09. The molecule has 0 fully saturated rings. The van der Waals surface area contributed by atoms with Crippen LogP contribution in [-0.4, -0.2) is 45.3 Å². The molecular formula is C15H26N2O2. The third-order valence-electron chi connectivity index (χ3n) is 3.30. The van der Waals surface area contributed by atoms with Crippen molar-refractivity contribution in [1.82, 2.24) is 10.2 Å². The minimum atomic E-state index is 0.783. The van der Waals surface area contributed by atoms with Crippen LogP contribution in [0.15, 0.2) is 18.2 Å². The van der Waals surface area contributed by atoms with Gasteiger partial charge in [-0.15, -0.1) is 0 Å². The summed E-state index contributed by atoms with van der Waals surface area (Å²) in [6.45, 7) is 9.41. The van der Waals surface area contributed by atoms with Gasteiger partial charge < -0.3 is 19.7 Å². The van der Waals surface area contributed by atoms with Crippen LogP contribution in [0.4, 0.5) is 0 Å². The first kappa shape index (κ1) is 15.8. The molecule has 0 aliphatic heterocycles. The van der Waals surface area contributed by atoms with Crippen molar-refractivity contribution in [2.24, 2.45) is 0 Å². The highest BCUT2D eigenvalue weighted by molar-refractivity contribution is 5.46. The molecular weight excluding hydrogens is 240 g/mol. The van der Waals surface area contributed by atoms with Crippen LogP contribution in [0, 0.1) is 0 Å². The van der Waals surface area contributed by atoms with Crippen LogP contribution < -0.4 is 14.8 Å². The van der Waals surface area contributed by atoms with E-state index in [1.165, 1.54) is 0 Å². The van der Waals surface area contributed by atoms with Gasteiger partial charge in [0.05, 0.1) is 14.2 Å². The fraction of sp³-hybridized carbons (Fsp3) is 0.600. The van der Waals surface area contributed by atoms with E-state index in [1.54, 1.807) is 14.2 Å². The molecule has 0 unspecified atom stereocenters. The molecule has 0 saturated heterocycles. The third kappa shape index (κ3) is 4.73. The van der Waals surface area contributed by atoms with Gasteiger partial charge in [-0.05, 0) is 19.2 Å². The molecule has 4 heteroatoms. The Morgan fingerprint density at radius 1 is 1.11 bits per heavy atom. The normalized spacial score (nSPS) is 10.8. The van der Waals surface area contributed by atoms with Crippen molar-refractivity contribution >= 4 is 0 Å². The van der Waals surface area contributed by atoms with Crippen molar-refractivity contribution in [3.63, 3.8) is 0 Å². The first-order valence-electron chi connectivity index (χ1n) is 6.89. The monoisotopic (exact) mass is 266 g/mol. The van der Waals surface area contributed by atoms with Gasteiger partial charge in [-0.2, -0.15) is 0 Å². The van der Waals surface area contributed by atoms with Crippen molar-refractivity contribution in [3.8, 4) is 11.5 Å². The highest BCUT2D eigenvalue weighted by atomic mass is 16.5. The minimum absolute atomic E-state index is 0.783. The molecule has 0 spiro atoms. The predicted molar refractivity (Wildman–Crippen MR) is 79.0 cm³/mol. The van der Waals surface area contributed by atoms with E-state index in [1.807, 2.05) is 12.1 Å². The largest absolute Gasteiger partial charge is 0.493 e. The summed E-state index contributed by atoms with van der Waals surface area (Å²) >= 11 is 0. The van der Waals surface area contributed by atoms with Crippen molar-refractivity contribution in [2.75, 3.05) is 40.4 Å². The SMILES string of the molecule is CCN(CC)CCNCc1cccc(OC)c1OC. The number of rotatable bonds is 9. The average Bonchev–Trinajstić information content (AvgIpc) is 2.46. The molecule has 0 atom stereocenters. The molecule has 4 nitrogen and oxygen atoms in total. The Balaban J connectivity index is 2.49. The molecule has 1 N–H and O–H groups in total. The molecule has 0 heterocycles. The van der Waals surface area contributed by atoms with E-state index < -0.39 is 0 Å². The Hall–Kier alpha value is -1.26. The lowest BCUT2D eigenvalue weighted by atomic mass is 10.2. The van der Waals surface area contributed by atoms with Gasteiger partial charge in [-0.1, -0.05) is 26.0 Å². The Morgan fingerprint density at radius 2 is 1.84 bits per heavy atom. The van der Waals surface area contributed by atoms with Gasteiger partial charge in [0.15, 0.2) is 11.5 Å². The van der Waals surface area contributed by atoms with Crippen molar-refractivity contribution in [2.45, 2.75) is 20.4 Å². The van der Waals surface area contributed by atoms with E-state index in [0.717, 1.165) is 49.8 Å². The molecule has 0 amide bonds. The molecule has 19 heavy (non-hydrogen) atoms. The topological polar surface area (TPSA) is 33.7 Å². The van der Waals surface area contributed by atoms with Crippen molar-refractivity contribution in [1.29, 1.82) is 0 Å². The number of ether oxygens (including phenoxy) is 2. The van der Waals surface area contributed by atoms with Crippen LogP contribution in [0.1, 0.15) is 19.4 Å². The summed E-state index contributed by atoms with van der Waals surface area (Å²) in [5, 5.41) is 3.45. The molecule has 1 rings (SSSR count). The van der Waals surface area contributed by atoms with E-state index in [0.29, 0.717) is 0 Å². The number of benzene rings is 1. The van der Waals surface area contributed by atoms with E-state index in [-0.39, 0.29) is 0 Å². The van der Waals surface area contributed by atoms with Crippen LogP contribution in [-0.2, 0) is 6.54 Å². The second-order valence-electron chi connectivity index (χ2n) is 4.36. The highest BCUT2D eigenvalue weighted by Crippen LogP contribution is 2.30. The molecule has 0 aromatic heterocycles. The second kappa shape index (κ2) is 8.77. The minimum Gasteiger partial charge on any atom is -0.493 e. The van der Waals surface area contributed by atoms with Gasteiger partial charge in [-0.25, -0.2) is 0 Å². The Labute approximate surface area is 116 Å². The zero-order valence-electron chi connectivity index (χ0n) is 12.5. The maximum Gasteiger partial charge on any atom is 0.165 e. The lowest BCUT2D eigenvalue weighted by Crippen LogP contribution is -2.31. The van der Waals surface area contributed by atoms with Crippen LogP contribution in [0.25, 0.3) is 0 Å². The number of likely N-dealkylation sites (N-methyl/N-ethyl adjacent to an activating group) is 1. The Morgan fingerprint density at radius 3 is 2.42 bits per heavy atom. The number of para-hydroxylation sites is 1. The van der Waals surface area contributed by atoms with E-state index in [2.05, 4.69) is 30.1 Å². The summed E-state index contributed by atoms with van der Waals surface area (Å²) in [4.78, 5) is 2.40. The molecule has 0 aliphatic carbocycles. The van der Waals surface area contributed by atoms with E-state index in [4.69, 9.17) is 9.47 Å². The maximum absolute atomic E-state index is 5.41. The Bertz CT molecular complexity index is 365. The quantitative estimate of drug-likeness (QED) is 0.694. The van der Waals surface area contributed by atoms with Crippen LogP contribution in [0.3, 0.4) is 0 Å². The number of nitrogens with one attached hydrogen (secondary N) is 1. The molecule has 1 aromatic carbocycles. The van der Waals surface area contributed by atoms with Gasteiger partial charge >= 0.3 is 0 Å². The van der Waals surface area contributed by atoms with Gasteiger partial charge in [0.1, 0.15) is 0 Å². The van der Waals surface area contributed by atoms with E-state index in [9.17, 15) is 0 Å². The molecule has 0 saturated carbocycles. The standard InChI is InChI=1S/C15H26N2O2/c1-5-17(6-2)11-10-16-12-13-8-7-9-14(18-3)15(13)19-4/h7-9,16H,5-6,10-12H2,1-4H3. The lowest BCUT2D eigenvalue weighted by Gasteiger charge is -2.18. The van der Waals surface area contributed by atoms with E-state index >= 15 is 0 Å². The third-order valence-corrected chi connectivity index (χ3v) is 3.30. The highest BCUT2D eigenvalue weighted by Gasteiger charge is 2.08. The molecule has 108 valence electrons. The zero-order valence-corrected chi connectivity index (χ0v) is 12.5. The zero-order chi connectivity index (χ0) is 14.1. The fourth-order valence-corrected chi connectivity index (χ4v) is 2.09. The molecule has 0 radical (unpaired) electrons. The summed E-state index contributed by atoms with van der Waals surface area (Å²) in [7, 11) is 3.34. The van der Waals surface area contributed by atoms with Crippen molar-refractivity contribution < 1.29 is 9.47 Å². The number of nitrogens with zero attached hydrogens (tertiary/aromatic N) is 1. The molecule has 1 aromatic rings. The molecule has 0 aliphatic rings. The summed E-state index contributed by atoms with van der Waals surface area (Å²) < 4.78 is 10.7. The first-order chi connectivity index (χ1) is 9.26. The number of hydrogen-bond donors (Lipinski definition) is 1. The smallest absolute Gasteiger partial charge is 0.165 e. The van der Waals surface area contributed by atoms with Crippen LogP contribution in [0.2, 0.25) is 0 Å². The summed E-state index contributed by atoms with van der Waals surface area (Å²) in [5.74, 6) is 1.60. The second-order valence-corrected chi connectivity index (χ2v) is 4.36. The van der Waals surface area contributed by atoms with Crippen LogP contribution >= 0.6 is 0 Å². The Kier molecular flexibility index (Phi) is 7.30. The number of methoxy groups -OCH3 is 2. The van der Waals surface area contributed by atoms with Gasteiger partial charge in [0, 0.05) is 25.2 Å². The maximum atomic E-state index is 5.41. The first-order valence-corrected chi connectivity index (χ1v) is 6.89. The number of hydrogen-bond acceptors (Lipinski definition) is 4. The average molecular weight is 266 g/mol. The van der Waals surface area contributed by atoms with Crippen molar-refractivity contribution in [3.05, 3.63) is 23.8 Å². The van der Waals surface area contributed by atoms with Gasteiger partial charge in [-0.3, -0.25) is 0 Å². The van der Waals surface area contributed by atoms with Gasteiger partial charge in [0.2, 0.25) is 0 Å².